The molecule has 0 amide bonds. The Labute approximate surface area is 141 Å². The summed E-state index contributed by atoms with van der Waals surface area (Å²) in [6, 6.07) is 12.3. The van der Waals surface area contributed by atoms with Crippen LogP contribution in [0.4, 0.5) is 16.2 Å². The van der Waals surface area contributed by atoms with Crippen molar-refractivity contribution in [2.24, 2.45) is 0 Å². The molecular formula is C17H13FN6O. The third-order valence-corrected chi connectivity index (χ3v) is 3.68. The van der Waals surface area contributed by atoms with Crippen molar-refractivity contribution < 1.29 is 4.39 Å². The van der Waals surface area contributed by atoms with E-state index in [1.54, 1.807) is 6.07 Å². The van der Waals surface area contributed by atoms with Crippen LogP contribution in [0.3, 0.4) is 0 Å². The third kappa shape index (κ3) is 2.85. The van der Waals surface area contributed by atoms with Crippen molar-refractivity contribution in [2.45, 2.75) is 6.92 Å². The van der Waals surface area contributed by atoms with E-state index in [4.69, 9.17) is 0 Å². The molecule has 1 aromatic carbocycles. The molecule has 0 unspecified atom stereocenters. The Morgan fingerprint density at radius 2 is 2.08 bits per heavy atom. The lowest BCUT2D eigenvalue weighted by molar-refractivity contribution is 0.622. The first kappa shape index (κ1) is 15.0. The summed E-state index contributed by atoms with van der Waals surface area (Å²) in [7, 11) is 0. The molecule has 3 aromatic heterocycles. The maximum absolute atomic E-state index is 13.0. The van der Waals surface area contributed by atoms with Gasteiger partial charge >= 0.3 is 5.69 Å². The number of nitrogens with zero attached hydrogens (tertiary/aromatic N) is 4. The van der Waals surface area contributed by atoms with Crippen LogP contribution in [0.25, 0.3) is 16.9 Å². The molecule has 0 spiro atoms. The lowest BCUT2D eigenvalue weighted by Gasteiger charge is -2.09. The molecule has 0 bridgehead atoms. The number of hydrogen-bond donors (Lipinski definition) is 2. The lowest BCUT2D eigenvalue weighted by atomic mass is 10.1. The van der Waals surface area contributed by atoms with Crippen molar-refractivity contribution >= 4 is 17.4 Å². The minimum atomic E-state index is -0.447. The normalized spacial score (nSPS) is 11.0. The standard InChI is InChI=1S/C17H13FN6O/c1-10-3-2-4-11(7-10)13-8-15-22-23-17(25)24(15)16(20-13)21-14-6-5-12(18)9-19-14/h2-9H,1H3,(H,23,25)(H,19,20,21). The van der Waals surface area contributed by atoms with Gasteiger partial charge in [-0.1, -0.05) is 23.8 Å². The molecule has 0 saturated carbocycles. The van der Waals surface area contributed by atoms with Gasteiger partial charge < -0.3 is 5.32 Å². The van der Waals surface area contributed by atoms with Crippen LogP contribution in [-0.4, -0.2) is 24.6 Å². The Balaban J connectivity index is 1.87. The van der Waals surface area contributed by atoms with E-state index in [1.807, 2.05) is 31.2 Å². The van der Waals surface area contributed by atoms with Gasteiger partial charge in [0.15, 0.2) is 5.65 Å². The summed E-state index contributed by atoms with van der Waals surface area (Å²) < 4.78 is 14.3. The predicted octanol–water partition coefficient (Wildman–Crippen LogP) is 2.67. The molecule has 0 aliphatic carbocycles. The summed E-state index contributed by atoms with van der Waals surface area (Å²) in [4.78, 5) is 20.5. The Kier molecular flexibility index (Phi) is 3.50. The zero-order valence-corrected chi connectivity index (χ0v) is 13.2. The van der Waals surface area contributed by atoms with E-state index in [0.717, 1.165) is 17.3 Å². The minimum Gasteiger partial charge on any atom is -0.310 e. The van der Waals surface area contributed by atoms with E-state index < -0.39 is 11.5 Å². The molecular weight excluding hydrogens is 323 g/mol. The number of benzene rings is 1. The summed E-state index contributed by atoms with van der Waals surface area (Å²) in [6.07, 6.45) is 1.09. The highest BCUT2D eigenvalue weighted by Gasteiger charge is 2.12. The highest BCUT2D eigenvalue weighted by Crippen LogP contribution is 2.22. The first-order valence-corrected chi connectivity index (χ1v) is 7.54. The van der Waals surface area contributed by atoms with E-state index in [-0.39, 0.29) is 5.95 Å². The van der Waals surface area contributed by atoms with Crippen LogP contribution >= 0.6 is 0 Å². The van der Waals surface area contributed by atoms with Gasteiger partial charge in [-0.2, -0.15) is 5.10 Å². The van der Waals surface area contributed by atoms with Crippen molar-refractivity contribution in [3.63, 3.8) is 0 Å². The molecule has 4 rings (SSSR count). The lowest BCUT2D eigenvalue weighted by Crippen LogP contribution is -2.15. The number of fused-ring (bicyclic) bond motifs is 1. The van der Waals surface area contributed by atoms with Crippen molar-refractivity contribution in [3.8, 4) is 11.3 Å². The van der Waals surface area contributed by atoms with Crippen LogP contribution in [-0.2, 0) is 0 Å². The fourth-order valence-corrected chi connectivity index (χ4v) is 2.53. The fourth-order valence-electron chi connectivity index (χ4n) is 2.53. The number of aromatic nitrogens is 5. The topological polar surface area (TPSA) is 88.0 Å². The summed E-state index contributed by atoms with van der Waals surface area (Å²) in [5.41, 5.74) is 2.63. The molecule has 0 aliphatic rings. The van der Waals surface area contributed by atoms with Crippen LogP contribution in [0, 0.1) is 12.7 Å². The molecule has 0 atom stereocenters. The van der Waals surface area contributed by atoms with Gasteiger partial charge in [0.2, 0.25) is 5.95 Å². The molecule has 0 fully saturated rings. The smallest absolute Gasteiger partial charge is 0.310 e. The largest absolute Gasteiger partial charge is 0.350 e. The second-order valence-corrected chi connectivity index (χ2v) is 5.54. The Morgan fingerprint density at radius 3 is 2.84 bits per heavy atom. The van der Waals surface area contributed by atoms with Gasteiger partial charge in [-0.15, -0.1) is 0 Å². The summed E-state index contributed by atoms with van der Waals surface area (Å²) >= 11 is 0. The molecule has 3 heterocycles. The van der Waals surface area contributed by atoms with Crippen molar-refractivity contribution in [1.29, 1.82) is 0 Å². The minimum absolute atomic E-state index is 0.242. The van der Waals surface area contributed by atoms with Crippen molar-refractivity contribution in [1.82, 2.24) is 24.6 Å². The van der Waals surface area contributed by atoms with Crippen LogP contribution in [0.1, 0.15) is 5.56 Å². The third-order valence-electron chi connectivity index (χ3n) is 3.68. The number of aryl methyl sites for hydroxylation is 1. The average molecular weight is 336 g/mol. The van der Waals surface area contributed by atoms with E-state index in [1.165, 1.54) is 16.5 Å². The van der Waals surface area contributed by atoms with Crippen molar-refractivity contribution in [2.75, 3.05) is 5.32 Å². The van der Waals surface area contributed by atoms with Gasteiger partial charge in [0.1, 0.15) is 11.6 Å². The van der Waals surface area contributed by atoms with Gasteiger partial charge in [-0.05, 0) is 25.1 Å². The SMILES string of the molecule is Cc1cccc(-c2cc3n[nH]c(=O)n3c(Nc3ccc(F)cn3)n2)c1. The van der Waals surface area contributed by atoms with Crippen LogP contribution < -0.4 is 11.0 Å². The first-order valence-electron chi connectivity index (χ1n) is 7.54. The molecule has 25 heavy (non-hydrogen) atoms. The van der Waals surface area contributed by atoms with Crippen molar-refractivity contribution in [3.05, 3.63) is 70.5 Å². The number of H-pyrrole nitrogens is 1. The second-order valence-electron chi connectivity index (χ2n) is 5.54. The fraction of sp³-hybridized carbons (Fsp3) is 0.0588. The van der Waals surface area contributed by atoms with Gasteiger partial charge in [0, 0.05) is 11.6 Å². The van der Waals surface area contributed by atoms with Gasteiger partial charge in [0.25, 0.3) is 0 Å². The molecule has 0 radical (unpaired) electrons. The zero-order chi connectivity index (χ0) is 17.4. The number of aromatic amines is 1. The number of rotatable bonds is 3. The van der Waals surface area contributed by atoms with E-state index in [2.05, 4.69) is 25.5 Å². The molecule has 4 aromatic rings. The quantitative estimate of drug-likeness (QED) is 0.600. The monoisotopic (exact) mass is 336 g/mol. The molecule has 7 nitrogen and oxygen atoms in total. The van der Waals surface area contributed by atoms with Crippen LogP contribution in [0.5, 0.6) is 0 Å². The van der Waals surface area contributed by atoms with Crippen LogP contribution in [0.15, 0.2) is 53.5 Å². The second kappa shape index (κ2) is 5.82. The van der Waals surface area contributed by atoms with Crippen LogP contribution in [0.2, 0.25) is 0 Å². The highest BCUT2D eigenvalue weighted by atomic mass is 19.1. The number of nitrogens with one attached hydrogen (secondary N) is 2. The Morgan fingerprint density at radius 1 is 1.20 bits per heavy atom. The predicted molar refractivity (Wildman–Crippen MR) is 91.3 cm³/mol. The molecule has 0 saturated heterocycles. The summed E-state index contributed by atoms with van der Waals surface area (Å²) in [5, 5.41) is 9.35. The number of halogens is 1. The summed E-state index contributed by atoms with van der Waals surface area (Å²) in [5.74, 6) is 0.161. The van der Waals surface area contributed by atoms with E-state index in [0.29, 0.717) is 17.2 Å². The van der Waals surface area contributed by atoms with Gasteiger partial charge in [-0.3, -0.25) is 0 Å². The molecule has 2 N–H and O–H groups in total. The van der Waals surface area contributed by atoms with E-state index >= 15 is 0 Å². The van der Waals surface area contributed by atoms with Gasteiger partial charge in [0.05, 0.1) is 11.9 Å². The average Bonchev–Trinajstić information content (AvgIpc) is 2.98. The van der Waals surface area contributed by atoms with Gasteiger partial charge in [-0.25, -0.2) is 28.7 Å². The van der Waals surface area contributed by atoms with E-state index in [9.17, 15) is 9.18 Å². The maximum Gasteiger partial charge on any atom is 0.350 e. The maximum atomic E-state index is 13.0. The molecule has 8 heteroatoms. The number of anilines is 2. The Hall–Kier alpha value is -3.55. The number of pyridine rings is 1. The number of hydrogen-bond acceptors (Lipinski definition) is 5. The zero-order valence-electron chi connectivity index (χ0n) is 13.2. The molecule has 124 valence electrons. The molecule has 0 aliphatic heterocycles. The summed E-state index contributed by atoms with van der Waals surface area (Å²) in [6.45, 7) is 1.99. The Bertz CT molecular complexity index is 1120. The first-order chi connectivity index (χ1) is 12.1. The highest BCUT2D eigenvalue weighted by molar-refractivity contribution is 5.67.